The first-order chi connectivity index (χ1) is 7.74. The molecule has 1 aromatic carbocycles. The van der Waals surface area contributed by atoms with Crippen molar-refractivity contribution < 1.29 is 13.9 Å². The molecule has 0 aliphatic heterocycles. The fraction of sp³-hybridized carbons (Fsp3) is 0.417. The standard InChI is InChI=1S/C12H14FNO2/c1-16-7-14-12(15)10-6-9(10)8-4-2-3-5-11(8)13/h2-5,9-10H,6-7H2,1H3,(H,14,15)/t9-,10+/m0/s1. The highest BCUT2D eigenvalue weighted by Crippen LogP contribution is 2.48. The van der Waals surface area contributed by atoms with Gasteiger partial charge in [0.15, 0.2) is 0 Å². The van der Waals surface area contributed by atoms with E-state index in [1.807, 2.05) is 0 Å². The number of hydrogen-bond acceptors (Lipinski definition) is 2. The number of carbonyl (C=O) groups excluding carboxylic acids is 1. The van der Waals surface area contributed by atoms with Gasteiger partial charge in [0.1, 0.15) is 12.5 Å². The van der Waals surface area contributed by atoms with Crippen molar-refractivity contribution >= 4 is 5.91 Å². The Hall–Kier alpha value is -1.42. The van der Waals surface area contributed by atoms with Crippen LogP contribution in [0.5, 0.6) is 0 Å². The van der Waals surface area contributed by atoms with Gasteiger partial charge in [-0.3, -0.25) is 4.79 Å². The Morgan fingerprint density at radius 2 is 2.31 bits per heavy atom. The predicted molar refractivity (Wildman–Crippen MR) is 57.3 cm³/mol. The van der Waals surface area contributed by atoms with Crippen LogP contribution in [-0.2, 0) is 9.53 Å². The molecule has 1 saturated carbocycles. The fourth-order valence-electron chi connectivity index (χ4n) is 1.88. The van der Waals surface area contributed by atoms with E-state index in [0.717, 1.165) is 6.42 Å². The van der Waals surface area contributed by atoms with Crippen molar-refractivity contribution in [1.29, 1.82) is 0 Å². The van der Waals surface area contributed by atoms with Crippen LogP contribution in [0.1, 0.15) is 17.9 Å². The summed E-state index contributed by atoms with van der Waals surface area (Å²) < 4.78 is 18.2. The molecule has 1 N–H and O–H groups in total. The van der Waals surface area contributed by atoms with Gasteiger partial charge in [0.2, 0.25) is 5.91 Å². The lowest BCUT2D eigenvalue weighted by Gasteiger charge is -2.03. The predicted octanol–water partition coefficient (Wildman–Crippen LogP) is 1.65. The van der Waals surface area contributed by atoms with Gasteiger partial charge in [0, 0.05) is 13.0 Å². The summed E-state index contributed by atoms with van der Waals surface area (Å²) in [5.41, 5.74) is 0.639. The van der Waals surface area contributed by atoms with E-state index in [9.17, 15) is 9.18 Å². The second kappa shape index (κ2) is 4.61. The van der Waals surface area contributed by atoms with Gasteiger partial charge in [0.05, 0.1) is 0 Å². The van der Waals surface area contributed by atoms with Crippen molar-refractivity contribution in [1.82, 2.24) is 5.32 Å². The summed E-state index contributed by atoms with van der Waals surface area (Å²) in [6, 6.07) is 6.61. The molecule has 86 valence electrons. The molecular weight excluding hydrogens is 209 g/mol. The Bertz CT molecular complexity index is 394. The van der Waals surface area contributed by atoms with Crippen LogP contribution >= 0.6 is 0 Å². The summed E-state index contributed by atoms with van der Waals surface area (Å²) in [6.45, 7) is 0.208. The number of halogens is 1. The number of rotatable bonds is 4. The molecule has 2 rings (SSSR count). The molecule has 16 heavy (non-hydrogen) atoms. The summed E-state index contributed by atoms with van der Waals surface area (Å²) in [4.78, 5) is 11.5. The van der Waals surface area contributed by atoms with E-state index in [2.05, 4.69) is 5.32 Å². The van der Waals surface area contributed by atoms with Gasteiger partial charge < -0.3 is 10.1 Å². The number of ether oxygens (including phenoxy) is 1. The number of methoxy groups -OCH3 is 1. The molecule has 0 spiro atoms. The maximum Gasteiger partial charge on any atom is 0.225 e. The smallest absolute Gasteiger partial charge is 0.225 e. The molecule has 0 radical (unpaired) electrons. The molecule has 1 amide bonds. The fourth-order valence-corrected chi connectivity index (χ4v) is 1.88. The molecule has 1 fully saturated rings. The van der Waals surface area contributed by atoms with Gasteiger partial charge in [0.25, 0.3) is 0 Å². The Labute approximate surface area is 93.6 Å². The Morgan fingerprint density at radius 3 is 3.00 bits per heavy atom. The first-order valence-electron chi connectivity index (χ1n) is 5.25. The minimum atomic E-state index is -0.227. The molecule has 0 saturated heterocycles. The van der Waals surface area contributed by atoms with Crippen molar-refractivity contribution in [2.24, 2.45) is 5.92 Å². The van der Waals surface area contributed by atoms with Crippen LogP contribution in [0.4, 0.5) is 4.39 Å². The lowest BCUT2D eigenvalue weighted by Crippen LogP contribution is -2.27. The van der Waals surface area contributed by atoms with E-state index < -0.39 is 0 Å². The molecule has 1 aliphatic carbocycles. The normalized spacial score (nSPS) is 22.9. The van der Waals surface area contributed by atoms with Gasteiger partial charge in [-0.25, -0.2) is 4.39 Å². The van der Waals surface area contributed by atoms with Gasteiger partial charge >= 0.3 is 0 Å². The summed E-state index contributed by atoms with van der Waals surface area (Å²) in [5.74, 6) is -0.366. The summed E-state index contributed by atoms with van der Waals surface area (Å²) >= 11 is 0. The van der Waals surface area contributed by atoms with E-state index in [0.29, 0.717) is 5.56 Å². The quantitative estimate of drug-likeness (QED) is 0.788. The van der Waals surface area contributed by atoms with Crippen LogP contribution in [0, 0.1) is 11.7 Å². The Morgan fingerprint density at radius 1 is 1.56 bits per heavy atom. The molecule has 1 aromatic rings. The second-order valence-electron chi connectivity index (χ2n) is 3.94. The van der Waals surface area contributed by atoms with Crippen molar-refractivity contribution in [2.75, 3.05) is 13.8 Å². The Kier molecular flexibility index (Phi) is 3.19. The minimum Gasteiger partial charge on any atom is -0.364 e. The number of nitrogens with one attached hydrogen (secondary N) is 1. The van der Waals surface area contributed by atoms with Crippen molar-refractivity contribution in [3.8, 4) is 0 Å². The third-order valence-electron chi connectivity index (χ3n) is 2.82. The first-order valence-corrected chi connectivity index (χ1v) is 5.25. The highest BCUT2D eigenvalue weighted by atomic mass is 19.1. The van der Waals surface area contributed by atoms with Gasteiger partial charge in [-0.15, -0.1) is 0 Å². The SMILES string of the molecule is COCNC(=O)[C@@H]1C[C@H]1c1ccccc1F. The number of carbonyl (C=O) groups is 1. The van der Waals surface area contributed by atoms with Gasteiger partial charge in [-0.1, -0.05) is 18.2 Å². The molecule has 3 nitrogen and oxygen atoms in total. The molecule has 4 heteroatoms. The second-order valence-corrected chi connectivity index (χ2v) is 3.94. The molecule has 1 aliphatic rings. The van der Waals surface area contributed by atoms with Crippen LogP contribution in [0.2, 0.25) is 0 Å². The third-order valence-corrected chi connectivity index (χ3v) is 2.82. The lowest BCUT2D eigenvalue weighted by atomic mass is 10.1. The van der Waals surface area contributed by atoms with Gasteiger partial charge in [-0.05, 0) is 24.0 Å². The van der Waals surface area contributed by atoms with Crippen LogP contribution in [0.15, 0.2) is 24.3 Å². The lowest BCUT2D eigenvalue weighted by molar-refractivity contribution is -0.123. The zero-order valence-electron chi connectivity index (χ0n) is 9.07. The zero-order valence-corrected chi connectivity index (χ0v) is 9.07. The zero-order chi connectivity index (χ0) is 11.5. The van der Waals surface area contributed by atoms with Crippen LogP contribution in [0.3, 0.4) is 0 Å². The minimum absolute atomic E-state index is 0.0260. The number of amides is 1. The topological polar surface area (TPSA) is 38.3 Å². The van der Waals surface area contributed by atoms with Crippen molar-refractivity contribution in [3.63, 3.8) is 0 Å². The third kappa shape index (κ3) is 2.22. The molecule has 0 unspecified atom stereocenters. The summed E-state index contributed by atoms with van der Waals surface area (Å²) in [6.07, 6.45) is 0.719. The van der Waals surface area contributed by atoms with Crippen LogP contribution < -0.4 is 5.32 Å². The van der Waals surface area contributed by atoms with E-state index in [1.54, 1.807) is 18.2 Å². The average Bonchev–Trinajstić information content (AvgIpc) is 3.06. The number of hydrogen-bond donors (Lipinski definition) is 1. The number of benzene rings is 1. The van der Waals surface area contributed by atoms with Crippen molar-refractivity contribution in [3.05, 3.63) is 35.6 Å². The van der Waals surface area contributed by atoms with E-state index in [1.165, 1.54) is 13.2 Å². The first kappa shape index (κ1) is 11.1. The monoisotopic (exact) mass is 223 g/mol. The highest BCUT2D eigenvalue weighted by molar-refractivity contribution is 5.82. The molecule has 0 heterocycles. The highest BCUT2D eigenvalue weighted by Gasteiger charge is 2.44. The molecule has 0 bridgehead atoms. The summed E-state index contributed by atoms with van der Waals surface area (Å²) in [7, 11) is 1.52. The largest absolute Gasteiger partial charge is 0.364 e. The molecule has 0 aromatic heterocycles. The maximum atomic E-state index is 13.4. The van der Waals surface area contributed by atoms with Crippen molar-refractivity contribution in [2.45, 2.75) is 12.3 Å². The Balaban J connectivity index is 1.96. The molecular formula is C12H14FNO2. The van der Waals surface area contributed by atoms with E-state index >= 15 is 0 Å². The average molecular weight is 223 g/mol. The van der Waals surface area contributed by atoms with Gasteiger partial charge in [-0.2, -0.15) is 0 Å². The van der Waals surface area contributed by atoms with Crippen LogP contribution in [-0.4, -0.2) is 19.7 Å². The maximum absolute atomic E-state index is 13.4. The van der Waals surface area contributed by atoms with Crippen LogP contribution in [0.25, 0.3) is 0 Å². The van der Waals surface area contributed by atoms with E-state index in [4.69, 9.17) is 4.74 Å². The molecule has 2 atom stereocenters. The van der Waals surface area contributed by atoms with E-state index in [-0.39, 0.29) is 30.3 Å². The summed E-state index contributed by atoms with van der Waals surface area (Å²) in [5, 5.41) is 2.63.